The van der Waals surface area contributed by atoms with Gasteiger partial charge < -0.3 is 10.1 Å². The fraction of sp³-hybridized carbons (Fsp3) is 0.200. The summed E-state index contributed by atoms with van der Waals surface area (Å²) >= 11 is 9.17. The molecule has 0 fully saturated rings. The SMILES string of the molecule is O=C(COc1ccc(Cl)cc1Br)NCCc1ccccn1. The van der Waals surface area contributed by atoms with Crippen LogP contribution in [0.1, 0.15) is 5.69 Å². The minimum Gasteiger partial charge on any atom is -0.483 e. The van der Waals surface area contributed by atoms with Gasteiger partial charge in [0.2, 0.25) is 0 Å². The van der Waals surface area contributed by atoms with Crippen molar-refractivity contribution in [2.45, 2.75) is 6.42 Å². The number of ether oxygens (including phenoxy) is 1. The van der Waals surface area contributed by atoms with Crippen molar-refractivity contribution in [3.63, 3.8) is 0 Å². The van der Waals surface area contributed by atoms with E-state index in [1.165, 1.54) is 0 Å². The van der Waals surface area contributed by atoms with Crippen LogP contribution in [0.3, 0.4) is 0 Å². The second kappa shape index (κ2) is 8.00. The summed E-state index contributed by atoms with van der Waals surface area (Å²) in [5.41, 5.74) is 0.944. The van der Waals surface area contributed by atoms with Crippen molar-refractivity contribution < 1.29 is 9.53 Å². The maximum Gasteiger partial charge on any atom is 0.257 e. The first kappa shape index (κ1) is 15.8. The second-order valence-electron chi connectivity index (χ2n) is 4.28. The van der Waals surface area contributed by atoms with Crippen molar-refractivity contribution in [2.75, 3.05) is 13.2 Å². The number of nitrogens with zero attached hydrogens (tertiary/aromatic N) is 1. The summed E-state index contributed by atoms with van der Waals surface area (Å²) in [6.45, 7) is 0.490. The van der Waals surface area contributed by atoms with Crippen molar-refractivity contribution >= 4 is 33.4 Å². The molecule has 2 aromatic rings. The molecular formula is C15H14BrClN2O2. The van der Waals surface area contributed by atoms with Crippen molar-refractivity contribution in [1.82, 2.24) is 10.3 Å². The van der Waals surface area contributed by atoms with E-state index in [9.17, 15) is 4.79 Å². The molecule has 1 N–H and O–H groups in total. The third kappa shape index (κ3) is 5.36. The molecule has 0 aliphatic heterocycles. The van der Waals surface area contributed by atoms with Gasteiger partial charge in [-0.05, 0) is 46.3 Å². The van der Waals surface area contributed by atoms with Gasteiger partial charge in [0, 0.05) is 29.9 Å². The number of benzene rings is 1. The van der Waals surface area contributed by atoms with Crippen LogP contribution in [-0.2, 0) is 11.2 Å². The van der Waals surface area contributed by atoms with E-state index in [2.05, 4.69) is 26.2 Å². The van der Waals surface area contributed by atoms with Crippen LogP contribution in [0.5, 0.6) is 5.75 Å². The molecule has 1 heterocycles. The second-order valence-corrected chi connectivity index (χ2v) is 5.58. The Labute approximate surface area is 136 Å². The maximum atomic E-state index is 11.7. The van der Waals surface area contributed by atoms with Crippen molar-refractivity contribution in [1.29, 1.82) is 0 Å². The Balaban J connectivity index is 1.72. The molecule has 4 nitrogen and oxygen atoms in total. The van der Waals surface area contributed by atoms with E-state index in [1.54, 1.807) is 24.4 Å². The average Bonchev–Trinajstić information content (AvgIpc) is 2.47. The number of carbonyl (C=O) groups excluding carboxylic acids is 1. The van der Waals surface area contributed by atoms with Gasteiger partial charge in [-0.2, -0.15) is 0 Å². The smallest absolute Gasteiger partial charge is 0.257 e. The van der Waals surface area contributed by atoms with Crippen LogP contribution in [0.2, 0.25) is 5.02 Å². The molecule has 1 aromatic carbocycles. The van der Waals surface area contributed by atoms with E-state index in [0.717, 1.165) is 10.2 Å². The topological polar surface area (TPSA) is 51.2 Å². The standard InChI is InChI=1S/C15H14BrClN2O2/c16-13-9-11(17)4-5-14(13)21-10-15(20)19-8-6-12-3-1-2-7-18-12/h1-5,7,9H,6,8,10H2,(H,19,20). The maximum absolute atomic E-state index is 11.7. The van der Waals surface area contributed by atoms with Gasteiger partial charge in [0.15, 0.2) is 6.61 Å². The molecule has 1 amide bonds. The Morgan fingerprint density at radius 3 is 2.90 bits per heavy atom. The molecule has 0 radical (unpaired) electrons. The predicted molar refractivity (Wildman–Crippen MR) is 85.6 cm³/mol. The molecule has 0 aliphatic carbocycles. The molecule has 0 aliphatic rings. The van der Waals surface area contributed by atoms with Gasteiger partial charge in [-0.25, -0.2) is 0 Å². The molecule has 0 spiro atoms. The molecule has 21 heavy (non-hydrogen) atoms. The number of amides is 1. The Bertz CT molecular complexity index is 608. The zero-order valence-corrected chi connectivity index (χ0v) is 13.5. The highest BCUT2D eigenvalue weighted by molar-refractivity contribution is 9.10. The fourth-order valence-electron chi connectivity index (χ4n) is 1.66. The first-order chi connectivity index (χ1) is 10.1. The van der Waals surface area contributed by atoms with E-state index >= 15 is 0 Å². The first-order valence-corrected chi connectivity index (χ1v) is 7.57. The lowest BCUT2D eigenvalue weighted by molar-refractivity contribution is -0.123. The van der Waals surface area contributed by atoms with Crippen LogP contribution in [0.4, 0.5) is 0 Å². The summed E-state index contributed by atoms with van der Waals surface area (Å²) in [6, 6.07) is 10.8. The monoisotopic (exact) mass is 368 g/mol. The predicted octanol–water partition coefficient (Wildman–Crippen LogP) is 3.24. The van der Waals surface area contributed by atoms with E-state index in [0.29, 0.717) is 23.7 Å². The highest BCUT2D eigenvalue weighted by atomic mass is 79.9. The summed E-state index contributed by atoms with van der Waals surface area (Å²) in [7, 11) is 0. The lowest BCUT2D eigenvalue weighted by atomic mass is 10.3. The quantitative estimate of drug-likeness (QED) is 0.850. The number of halogens is 2. The van der Waals surface area contributed by atoms with Gasteiger partial charge in [0.25, 0.3) is 5.91 Å². The van der Waals surface area contributed by atoms with Gasteiger partial charge >= 0.3 is 0 Å². The normalized spacial score (nSPS) is 10.2. The third-order valence-electron chi connectivity index (χ3n) is 2.68. The summed E-state index contributed by atoms with van der Waals surface area (Å²) in [5, 5.41) is 3.39. The molecule has 0 saturated heterocycles. The molecule has 6 heteroatoms. The summed E-state index contributed by atoms with van der Waals surface area (Å²) < 4.78 is 6.14. The van der Waals surface area contributed by atoms with Crippen molar-refractivity contribution in [3.8, 4) is 5.75 Å². The minimum absolute atomic E-state index is 0.0392. The summed E-state index contributed by atoms with van der Waals surface area (Å²) in [6.07, 6.45) is 2.43. The number of carbonyl (C=O) groups is 1. The summed E-state index contributed by atoms with van der Waals surface area (Å²) in [4.78, 5) is 15.9. The molecule has 1 aromatic heterocycles. The van der Waals surface area contributed by atoms with Gasteiger partial charge in [-0.15, -0.1) is 0 Å². The molecule has 0 atom stereocenters. The molecule has 110 valence electrons. The largest absolute Gasteiger partial charge is 0.483 e. The Hall–Kier alpha value is -1.59. The van der Waals surface area contributed by atoms with Crippen LogP contribution in [0.15, 0.2) is 47.1 Å². The minimum atomic E-state index is -0.173. The molecule has 0 saturated carbocycles. The van der Waals surface area contributed by atoms with E-state index in [-0.39, 0.29) is 12.5 Å². The van der Waals surface area contributed by atoms with Crippen LogP contribution < -0.4 is 10.1 Å². The Morgan fingerprint density at radius 2 is 2.19 bits per heavy atom. The Kier molecular flexibility index (Phi) is 6.02. The number of aromatic nitrogens is 1. The van der Waals surface area contributed by atoms with Gasteiger partial charge in [-0.1, -0.05) is 17.7 Å². The van der Waals surface area contributed by atoms with Crippen LogP contribution >= 0.6 is 27.5 Å². The van der Waals surface area contributed by atoms with Gasteiger partial charge in [0.1, 0.15) is 5.75 Å². The fourth-order valence-corrected chi connectivity index (χ4v) is 2.46. The van der Waals surface area contributed by atoms with Crippen LogP contribution in [0.25, 0.3) is 0 Å². The molecular weight excluding hydrogens is 356 g/mol. The van der Waals surface area contributed by atoms with Crippen LogP contribution in [-0.4, -0.2) is 24.0 Å². The number of hydrogen-bond donors (Lipinski definition) is 1. The third-order valence-corrected chi connectivity index (χ3v) is 3.54. The Morgan fingerprint density at radius 1 is 1.33 bits per heavy atom. The highest BCUT2D eigenvalue weighted by Gasteiger charge is 2.06. The highest BCUT2D eigenvalue weighted by Crippen LogP contribution is 2.27. The molecule has 2 rings (SSSR count). The first-order valence-electron chi connectivity index (χ1n) is 6.39. The lowest BCUT2D eigenvalue weighted by Crippen LogP contribution is -2.30. The number of rotatable bonds is 6. The lowest BCUT2D eigenvalue weighted by Gasteiger charge is -2.09. The van der Waals surface area contributed by atoms with E-state index in [4.69, 9.17) is 16.3 Å². The van der Waals surface area contributed by atoms with Crippen molar-refractivity contribution in [3.05, 3.63) is 57.8 Å². The zero-order valence-electron chi connectivity index (χ0n) is 11.2. The molecule has 0 bridgehead atoms. The van der Waals surface area contributed by atoms with Crippen molar-refractivity contribution in [2.24, 2.45) is 0 Å². The van der Waals surface area contributed by atoms with E-state index < -0.39 is 0 Å². The van der Waals surface area contributed by atoms with E-state index in [1.807, 2.05) is 18.2 Å². The van der Waals surface area contributed by atoms with Gasteiger partial charge in [0.05, 0.1) is 4.47 Å². The number of hydrogen-bond acceptors (Lipinski definition) is 3. The molecule has 0 unspecified atom stereocenters. The van der Waals surface area contributed by atoms with Gasteiger partial charge in [-0.3, -0.25) is 9.78 Å². The number of nitrogens with one attached hydrogen (secondary N) is 1. The number of pyridine rings is 1. The van der Waals surface area contributed by atoms with Crippen LogP contribution in [0, 0.1) is 0 Å². The zero-order chi connectivity index (χ0) is 15.1. The average molecular weight is 370 g/mol. The summed E-state index contributed by atoms with van der Waals surface area (Å²) in [5.74, 6) is 0.409.